The Kier molecular flexibility index (Phi) is 8.21. The van der Waals surface area contributed by atoms with E-state index < -0.39 is 0 Å². The molecule has 0 saturated carbocycles. The first-order valence-corrected chi connectivity index (χ1v) is 12.0. The summed E-state index contributed by atoms with van der Waals surface area (Å²) in [4.78, 5) is 22.7. The van der Waals surface area contributed by atoms with Crippen LogP contribution in [0, 0.1) is 11.3 Å². The van der Waals surface area contributed by atoms with E-state index in [0.29, 0.717) is 29.5 Å². The second kappa shape index (κ2) is 11.1. The number of nitrogens with two attached hydrogens (primary N) is 1. The summed E-state index contributed by atoms with van der Waals surface area (Å²) in [5, 5.41) is 12.1. The van der Waals surface area contributed by atoms with E-state index in [9.17, 15) is 4.79 Å². The lowest BCUT2D eigenvalue weighted by molar-refractivity contribution is -0.116. The minimum absolute atomic E-state index is 0.522. The number of rotatable bonds is 7. The summed E-state index contributed by atoms with van der Waals surface area (Å²) < 4.78 is 5.75. The maximum absolute atomic E-state index is 9.66. The molecule has 1 aromatic carbocycles. The van der Waals surface area contributed by atoms with Crippen molar-refractivity contribution in [2.24, 2.45) is 5.92 Å². The minimum atomic E-state index is 0.522. The summed E-state index contributed by atoms with van der Waals surface area (Å²) in [6.45, 7) is 7.49. The van der Waals surface area contributed by atoms with E-state index in [0.717, 1.165) is 47.5 Å². The normalized spacial score (nSPS) is 14.6. The first-order valence-electron chi connectivity index (χ1n) is 11.2. The van der Waals surface area contributed by atoms with Gasteiger partial charge in [-0.2, -0.15) is 0 Å². The topological polar surface area (TPSA) is 117 Å². The molecule has 0 fully saturated rings. The number of carbonyl (C=O) groups excluding carboxylic acids is 1. The lowest BCUT2D eigenvalue weighted by atomic mass is 9.89. The third-order valence-corrected chi connectivity index (χ3v) is 6.83. The maximum Gasteiger partial charge on any atom is 0.209 e. The van der Waals surface area contributed by atoms with Crippen molar-refractivity contribution >= 4 is 51.4 Å². The van der Waals surface area contributed by atoms with Gasteiger partial charge in [-0.3, -0.25) is 4.79 Å². The maximum atomic E-state index is 9.66. The number of hydrogen-bond acceptors (Lipinski definition) is 8. The number of nitrogen functional groups attached to an aromatic ring is 1. The van der Waals surface area contributed by atoms with Crippen molar-refractivity contribution in [2.75, 3.05) is 31.2 Å². The number of benzene rings is 1. The predicted molar refractivity (Wildman–Crippen MR) is 136 cm³/mol. The number of fused-ring (bicyclic) bond motifs is 3. The number of anilines is 3. The highest BCUT2D eigenvalue weighted by atomic mass is 32.1. The number of hydrogen-bond donors (Lipinski definition) is 3. The van der Waals surface area contributed by atoms with Crippen LogP contribution in [0.2, 0.25) is 0 Å². The molecule has 2 aromatic heterocycles. The van der Waals surface area contributed by atoms with Gasteiger partial charge in [0.25, 0.3) is 0 Å². The van der Waals surface area contributed by atoms with Crippen molar-refractivity contribution in [2.45, 2.75) is 40.0 Å². The van der Waals surface area contributed by atoms with Gasteiger partial charge in [-0.15, -0.1) is 11.3 Å². The van der Waals surface area contributed by atoms with Crippen LogP contribution in [-0.2, 0) is 17.6 Å². The Morgan fingerprint density at radius 3 is 2.79 bits per heavy atom. The van der Waals surface area contributed by atoms with Crippen LogP contribution in [0.4, 0.5) is 17.2 Å². The molecule has 8 nitrogen and oxygen atoms in total. The summed E-state index contributed by atoms with van der Waals surface area (Å²) in [5.74, 6) is 2.16. The van der Waals surface area contributed by atoms with E-state index in [1.807, 2.05) is 19.9 Å². The average molecular weight is 469 g/mol. The molecule has 4 rings (SSSR count). The van der Waals surface area contributed by atoms with Crippen LogP contribution >= 0.6 is 11.3 Å². The highest BCUT2D eigenvalue weighted by molar-refractivity contribution is 7.19. The quantitative estimate of drug-likeness (QED) is 0.264. The van der Waals surface area contributed by atoms with Crippen LogP contribution in [0.5, 0.6) is 5.75 Å². The third kappa shape index (κ3) is 5.60. The molecule has 3 aromatic rings. The highest BCUT2D eigenvalue weighted by Crippen LogP contribution is 2.41. The van der Waals surface area contributed by atoms with Crippen molar-refractivity contribution < 1.29 is 9.53 Å². The molecule has 33 heavy (non-hydrogen) atoms. The summed E-state index contributed by atoms with van der Waals surface area (Å²) >= 11 is 1.77. The second-order valence-corrected chi connectivity index (χ2v) is 9.20. The molecule has 1 aliphatic carbocycles. The SMILES string of the molecule is CCN(C)C=O.CCOc1cc(N)c(C=N)cc1Nc1ncnc2sc3c(c12)CCC(C)C3. The van der Waals surface area contributed by atoms with E-state index in [-0.39, 0.29) is 0 Å². The standard InChI is InChI=1S/C20H23N5OS.C4H9NO/c1-3-26-16-8-14(22)12(9-21)7-15(16)25-19-18-13-5-4-11(2)6-17(13)27-20(18)24-10-23-19;1-3-5(2)4-6/h7-11,21H,3-6,22H2,1-2H3,(H,23,24,25);4H,3H2,1-2H3. The Hall–Kier alpha value is -3.20. The van der Waals surface area contributed by atoms with Gasteiger partial charge < -0.3 is 26.1 Å². The molecule has 4 N–H and O–H groups in total. The first-order chi connectivity index (χ1) is 15.9. The number of nitrogens with one attached hydrogen (secondary N) is 2. The lowest BCUT2D eigenvalue weighted by Gasteiger charge is -2.19. The van der Waals surface area contributed by atoms with E-state index in [2.05, 4.69) is 22.2 Å². The van der Waals surface area contributed by atoms with Crippen LogP contribution in [0.15, 0.2) is 18.5 Å². The van der Waals surface area contributed by atoms with Gasteiger partial charge in [0.05, 0.1) is 17.7 Å². The first kappa shape index (κ1) is 24.4. The van der Waals surface area contributed by atoms with Crippen LogP contribution in [-0.4, -0.2) is 47.7 Å². The van der Waals surface area contributed by atoms with Crippen molar-refractivity contribution in [1.29, 1.82) is 5.41 Å². The Morgan fingerprint density at radius 1 is 1.36 bits per heavy atom. The van der Waals surface area contributed by atoms with E-state index >= 15 is 0 Å². The number of aromatic nitrogens is 2. The Bertz CT molecular complexity index is 1130. The van der Waals surface area contributed by atoms with Gasteiger partial charge in [0.2, 0.25) is 6.41 Å². The number of nitrogens with zero attached hydrogens (tertiary/aromatic N) is 3. The molecule has 176 valence electrons. The molecule has 0 bridgehead atoms. The highest BCUT2D eigenvalue weighted by Gasteiger charge is 2.23. The van der Waals surface area contributed by atoms with Crippen LogP contribution in [0.25, 0.3) is 10.2 Å². The molecule has 0 spiro atoms. The minimum Gasteiger partial charge on any atom is -0.492 e. The van der Waals surface area contributed by atoms with Gasteiger partial charge in [0, 0.05) is 42.0 Å². The third-order valence-electron chi connectivity index (χ3n) is 5.66. The molecule has 0 saturated heterocycles. The fourth-order valence-electron chi connectivity index (χ4n) is 3.68. The predicted octanol–water partition coefficient (Wildman–Crippen LogP) is 4.63. The fourth-order valence-corrected chi connectivity index (χ4v) is 5.03. The second-order valence-electron chi connectivity index (χ2n) is 8.11. The van der Waals surface area contributed by atoms with Gasteiger partial charge in [-0.1, -0.05) is 6.92 Å². The summed E-state index contributed by atoms with van der Waals surface area (Å²) in [5.41, 5.74) is 9.32. The fraction of sp³-hybridized carbons (Fsp3) is 0.417. The molecule has 2 heterocycles. The molecule has 1 aliphatic rings. The van der Waals surface area contributed by atoms with Gasteiger partial charge in [0.15, 0.2) is 0 Å². The zero-order valence-corrected chi connectivity index (χ0v) is 20.5. The van der Waals surface area contributed by atoms with Crippen LogP contribution < -0.4 is 15.8 Å². The van der Waals surface area contributed by atoms with Crippen molar-refractivity contribution in [3.8, 4) is 5.75 Å². The number of amides is 1. The molecule has 1 amide bonds. The average Bonchev–Trinajstić information content (AvgIpc) is 3.19. The van der Waals surface area contributed by atoms with E-state index in [1.165, 1.54) is 23.1 Å². The van der Waals surface area contributed by atoms with E-state index in [4.69, 9.17) is 15.9 Å². The molecule has 1 atom stereocenters. The molecule has 0 aliphatic heterocycles. The molecular formula is C24H32N6O2S. The Balaban J connectivity index is 0.000000454. The number of ether oxygens (including phenoxy) is 1. The lowest BCUT2D eigenvalue weighted by Crippen LogP contribution is -2.13. The van der Waals surface area contributed by atoms with Gasteiger partial charge >= 0.3 is 0 Å². The zero-order chi connectivity index (χ0) is 24.0. The number of carbonyl (C=O) groups is 1. The smallest absolute Gasteiger partial charge is 0.209 e. The monoisotopic (exact) mass is 468 g/mol. The van der Waals surface area contributed by atoms with Crippen molar-refractivity contribution in [3.63, 3.8) is 0 Å². The summed E-state index contributed by atoms with van der Waals surface area (Å²) in [7, 11) is 1.74. The largest absolute Gasteiger partial charge is 0.492 e. The Morgan fingerprint density at radius 2 is 2.15 bits per heavy atom. The molecular weight excluding hydrogens is 436 g/mol. The number of aryl methyl sites for hydroxylation is 1. The zero-order valence-electron chi connectivity index (χ0n) is 19.6. The molecule has 9 heteroatoms. The van der Waals surface area contributed by atoms with E-state index in [1.54, 1.807) is 35.7 Å². The van der Waals surface area contributed by atoms with Crippen molar-refractivity contribution in [3.05, 3.63) is 34.5 Å². The van der Waals surface area contributed by atoms with Crippen LogP contribution in [0.3, 0.4) is 0 Å². The van der Waals surface area contributed by atoms with Crippen LogP contribution in [0.1, 0.15) is 43.2 Å². The summed E-state index contributed by atoms with van der Waals surface area (Å²) in [6, 6.07) is 3.59. The van der Waals surface area contributed by atoms with Gasteiger partial charge in [0.1, 0.15) is 22.7 Å². The summed E-state index contributed by atoms with van der Waals surface area (Å²) in [6.07, 6.45) is 7.02. The molecule has 0 radical (unpaired) electrons. The van der Waals surface area contributed by atoms with Gasteiger partial charge in [-0.25, -0.2) is 9.97 Å². The van der Waals surface area contributed by atoms with Gasteiger partial charge in [-0.05, 0) is 50.7 Å². The number of thiophene rings is 1. The Labute approximate surface area is 198 Å². The molecule has 1 unspecified atom stereocenters. The van der Waals surface area contributed by atoms with Crippen molar-refractivity contribution in [1.82, 2.24) is 14.9 Å².